The Hall–Kier alpha value is -1.31. The molecule has 2 saturated carbocycles. The van der Waals surface area contributed by atoms with Crippen LogP contribution in [-0.4, -0.2) is 10.9 Å². The summed E-state index contributed by atoms with van der Waals surface area (Å²) in [5.74, 6) is 3.26. The summed E-state index contributed by atoms with van der Waals surface area (Å²) < 4.78 is 0. The lowest BCUT2D eigenvalue weighted by molar-refractivity contribution is -0.130. The Morgan fingerprint density at radius 1 is 1.30 bits per heavy atom. The first kappa shape index (κ1) is 12.4. The monoisotopic (exact) mass is 270 g/mol. The SMILES string of the molecule is C[C@]12CC[C@H]3[C@@H](CC=C4C=C(O)C=C[C@@H]43)[C@@H]1CCC2=O. The van der Waals surface area contributed by atoms with Gasteiger partial charge in [0.15, 0.2) is 0 Å². The molecule has 0 unspecified atom stereocenters. The average Bonchev–Trinajstić information content (AvgIpc) is 2.74. The molecule has 0 spiro atoms. The first-order valence-corrected chi connectivity index (χ1v) is 7.92. The van der Waals surface area contributed by atoms with Gasteiger partial charge in [-0.1, -0.05) is 19.1 Å². The molecule has 0 aromatic rings. The zero-order valence-electron chi connectivity index (χ0n) is 12.0. The lowest BCUT2D eigenvalue weighted by atomic mass is 9.54. The smallest absolute Gasteiger partial charge is 0.139 e. The number of carbonyl (C=O) groups excluding carboxylic acids is 1. The molecule has 0 aliphatic heterocycles. The fourth-order valence-corrected chi connectivity index (χ4v) is 5.36. The molecule has 2 heteroatoms. The Kier molecular flexibility index (Phi) is 2.55. The van der Waals surface area contributed by atoms with Crippen LogP contribution in [0.3, 0.4) is 0 Å². The summed E-state index contributed by atoms with van der Waals surface area (Å²) in [7, 11) is 0. The Labute approximate surface area is 120 Å². The Bertz CT molecular complexity index is 554. The molecule has 5 atom stereocenters. The summed E-state index contributed by atoms with van der Waals surface area (Å²) in [6.07, 6.45) is 13.4. The maximum Gasteiger partial charge on any atom is 0.139 e. The second-order valence-corrected chi connectivity index (χ2v) is 7.25. The van der Waals surface area contributed by atoms with Gasteiger partial charge in [-0.05, 0) is 61.2 Å². The van der Waals surface area contributed by atoms with E-state index in [0.29, 0.717) is 35.2 Å². The normalized spacial score (nSPS) is 46.1. The van der Waals surface area contributed by atoms with E-state index in [1.165, 1.54) is 5.57 Å². The summed E-state index contributed by atoms with van der Waals surface area (Å²) in [4.78, 5) is 12.3. The number of hydrogen-bond acceptors (Lipinski definition) is 2. The van der Waals surface area contributed by atoms with Crippen LogP contribution in [-0.2, 0) is 4.79 Å². The van der Waals surface area contributed by atoms with E-state index in [4.69, 9.17) is 0 Å². The van der Waals surface area contributed by atoms with Crippen molar-refractivity contribution < 1.29 is 9.90 Å². The molecule has 4 aliphatic rings. The van der Waals surface area contributed by atoms with Gasteiger partial charge in [0.2, 0.25) is 0 Å². The molecule has 0 amide bonds. The number of hydrogen-bond donors (Lipinski definition) is 1. The van der Waals surface area contributed by atoms with Crippen LogP contribution in [0.15, 0.2) is 35.6 Å². The molecule has 0 bridgehead atoms. The maximum atomic E-state index is 12.3. The Morgan fingerprint density at radius 2 is 2.15 bits per heavy atom. The van der Waals surface area contributed by atoms with Crippen molar-refractivity contribution in [1.82, 2.24) is 0 Å². The Morgan fingerprint density at radius 3 is 3.00 bits per heavy atom. The molecule has 1 N–H and O–H groups in total. The van der Waals surface area contributed by atoms with E-state index >= 15 is 0 Å². The largest absolute Gasteiger partial charge is 0.508 e. The molecule has 0 radical (unpaired) electrons. The number of carbonyl (C=O) groups is 1. The molecule has 0 aromatic heterocycles. The zero-order chi connectivity index (χ0) is 13.9. The molecule has 4 rings (SSSR count). The third-order valence-electron chi connectivity index (χ3n) is 6.46. The van der Waals surface area contributed by atoms with Crippen LogP contribution < -0.4 is 0 Å². The molecule has 2 nitrogen and oxygen atoms in total. The molecule has 0 aromatic carbocycles. The summed E-state index contributed by atoms with van der Waals surface area (Å²) in [5.41, 5.74) is 1.25. The molecular weight excluding hydrogens is 248 g/mol. The number of ketones is 1. The molecule has 20 heavy (non-hydrogen) atoms. The van der Waals surface area contributed by atoms with E-state index in [9.17, 15) is 9.90 Å². The highest BCUT2D eigenvalue weighted by molar-refractivity contribution is 5.87. The van der Waals surface area contributed by atoms with Crippen molar-refractivity contribution in [3.05, 3.63) is 35.6 Å². The van der Waals surface area contributed by atoms with Crippen LogP contribution in [0.4, 0.5) is 0 Å². The number of Topliss-reactive ketones (excluding diaryl/α,β-unsaturated/α-hetero) is 1. The summed E-state index contributed by atoms with van der Waals surface area (Å²) >= 11 is 0. The molecule has 0 heterocycles. The number of rotatable bonds is 0. The van der Waals surface area contributed by atoms with Gasteiger partial charge >= 0.3 is 0 Å². The van der Waals surface area contributed by atoms with Crippen LogP contribution in [0.5, 0.6) is 0 Å². The van der Waals surface area contributed by atoms with Gasteiger partial charge < -0.3 is 5.11 Å². The molecule has 4 aliphatic carbocycles. The van der Waals surface area contributed by atoms with Crippen molar-refractivity contribution in [2.75, 3.05) is 0 Å². The summed E-state index contributed by atoms with van der Waals surface area (Å²) in [5, 5.41) is 9.66. The fourth-order valence-electron chi connectivity index (χ4n) is 5.36. The quantitative estimate of drug-likeness (QED) is 0.723. The minimum atomic E-state index is -0.0388. The van der Waals surface area contributed by atoms with Crippen molar-refractivity contribution in [2.24, 2.45) is 29.1 Å². The van der Waals surface area contributed by atoms with Gasteiger partial charge in [-0.2, -0.15) is 0 Å². The average molecular weight is 270 g/mol. The van der Waals surface area contributed by atoms with E-state index in [0.717, 1.165) is 32.1 Å². The topological polar surface area (TPSA) is 37.3 Å². The van der Waals surface area contributed by atoms with E-state index in [1.54, 1.807) is 0 Å². The van der Waals surface area contributed by atoms with E-state index < -0.39 is 0 Å². The minimum absolute atomic E-state index is 0.0388. The van der Waals surface area contributed by atoms with Crippen LogP contribution in [0.2, 0.25) is 0 Å². The predicted octanol–water partition coefficient (Wildman–Crippen LogP) is 3.96. The first-order chi connectivity index (χ1) is 9.59. The standard InChI is InChI=1S/C18H22O2/c1-18-9-8-14-13-5-3-12(19)10-11(13)2-4-15(14)16(18)6-7-17(18)20/h2-3,5,10,13-16,19H,4,6-9H2,1H3/t13-,14+,15+,16-,18-/m0/s1. The first-order valence-electron chi connectivity index (χ1n) is 7.92. The third-order valence-corrected chi connectivity index (χ3v) is 6.46. The predicted molar refractivity (Wildman–Crippen MR) is 78.1 cm³/mol. The van der Waals surface area contributed by atoms with Crippen LogP contribution >= 0.6 is 0 Å². The molecule has 2 fully saturated rings. The van der Waals surface area contributed by atoms with Crippen molar-refractivity contribution in [3.8, 4) is 0 Å². The van der Waals surface area contributed by atoms with Crippen LogP contribution in [0.25, 0.3) is 0 Å². The minimum Gasteiger partial charge on any atom is -0.508 e. The number of allylic oxidation sites excluding steroid dienone is 5. The number of aliphatic hydroxyl groups is 1. The second kappa shape index (κ2) is 4.09. The van der Waals surface area contributed by atoms with Gasteiger partial charge in [0.25, 0.3) is 0 Å². The van der Waals surface area contributed by atoms with Crippen molar-refractivity contribution in [2.45, 2.75) is 39.0 Å². The second-order valence-electron chi connectivity index (χ2n) is 7.25. The fraction of sp³-hybridized carbons (Fsp3) is 0.611. The van der Waals surface area contributed by atoms with Gasteiger partial charge in [0, 0.05) is 17.8 Å². The zero-order valence-corrected chi connectivity index (χ0v) is 12.0. The lowest BCUT2D eigenvalue weighted by Crippen LogP contribution is -2.45. The molecular formula is C18H22O2. The van der Waals surface area contributed by atoms with Crippen molar-refractivity contribution in [1.29, 1.82) is 0 Å². The van der Waals surface area contributed by atoms with Gasteiger partial charge in [0.1, 0.15) is 11.5 Å². The summed E-state index contributed by atoms with van der Waals surface area (Å²) in [6, 6.07) is 0. The lowest BCUT2D eigenvalue weighted by Gasteiger charge is -2.49. The van der Waals surface area contributed by atoms with Crippen LogP contribution in [0.1, 0.15) is 39.0 Å². The number of fused-ring (bicyclic) bond motifs is 5. The highest BCUT2D eigenvalue weighted by Crippen LogP contribution is 2.59. The number of aliphatic hydroxyl groups excluding tert-OH is 1. The maximum absolute atomic E-state index is 12.3. The van der Waals surface area contributed by atoms with Gasteiger partial charge in [0.05, 0.1) is 0 Å². The highest BCUT2D eigenvalue weighted by atomic mass is 16.3. The Balaban J connectivity index is 1.69. The highest BCUT2D eigenvalue weighted by Gasteiger charge is 2.55. The van der Waals surface area contributed by atoms with E-state index in [-0.39, 0.29) is 5.41 Å². The molecule has 106 valence electrons. The third kappa shape index (κ3) is 1.54. The van der Waals surface area contributed by atoms with Gasteiger partial charge in [-0.3, -0.25) is 4.79 Å². The summed E-state index contributed by atoms with van der Waals surface area (Å²) in [6.45, 7) is 2.21. The molecule has 0 saturated heterocycles. The van der Waals surface area contributed by atoms with E-state index in [2.05, 4.69) is 19.1 Å². The van der Waals surface area contributed by atoms with Crippen molar-refractivity contribution >= 4 is 5.78 Å². The van der Waals surface area contributed by atoms with E-state index in [1.807, 2.05) is 12.2 Å². The van der Waals surface area contributed by atoms with Crippen molar-refractivity contribution in [3.63, 3.8) is 0 Å². The van der Waals surface area contributed by atoms with Gasteiger partial charge in [-0.25, -0.2) is 0 Å². The van der Waals surface area contributed by atoms with Crippen LogP contribution in [0, 0.1) is 29.1 Å². The van der Waals surface area contributed by atoms with Gasteiger partial charge in [-0.15, -0.1) is 0 Å².